The third kappa shape index (κ3) is 4.93. The summed E-state index contributed by atoms with van der Waals surface area (Å²) in [4.78, 5) is 24.1. The Morgan fingerprint density at radius 3 is 2.19 bits per heavy atom. The third-order valence-electron chi connectivity index (χ3n) is 3.99. The Morgan fingerprint density at radius 1 is 1.00 bits per heavy atom. The molecule has 0 saturated heterocycles. The van der Waals surface area contributed by atoms with Crippen molar-refractivity contribution in [1.82, 2.24) is 4.31 Å². The fraction of sp³-hybridized carbons (Fsp3) is 0.263. The first-order chi connectivity index (χ1) is 12.6. The summed E-state index contributed by atoms with van der Waals surface area (Å²) in [5.41, 5.74) is 2.33. The summed E-state index contributed by atoms with van der Waals surface area (Å²) in [5.74, 6) is -0.486. The zero-order chi connectivity index (χ0) is 20.2. The second-order valence-corrected chi connectivity index (χ2v) is 8.35. The lowest BCUT2D eigenvalue weighted by Crippen LogP contribution is -2.22. The van der Waals surface area contributed by atoms with E-state index in [4.69, 9.17) is 0 Å². The van der Waals surface area contributed by atoms with E-state index in [0.717, 1.165) is 9.87 Å². The average Bonchev–Trinajstić information content (AvgIpc) is 2.64. The van der Waals surface area contributed by atoms with Crippen LogP contribution in [-0.4, -0.2) is 38.6 Å². The van der Waals surface area contributed by atoms with E-state index in [1.807, 2.05) is 6.92 Å². The highest BCUT2D eigenvalue weighted by atomic mass is 32.2. The van der Waals surface area contributed by atoms with Gasteiger partial charge in [0.05, 0.1) is 4.90 Å². The molecule has 0 spiro atoms. The largest absolute Gasteiger partial charge is 0.326 e. The van der Waals surface area contributed by atoms with Gasteiger partial charge in [0, 0.05) is 37.5 Å². The van der Waals surface area contributed by atoms with Gasteiger partial charge < -0.3 is 10.6 Å². The van der Waals surface area contributed by atoms with Gasteiger partial charge in [-0.15, -0.1) is 0 Å². The summed E-state index contributed by atoms with van der Waals surface area (Å²) in [6.45, 7) is 3.60. The minimum Gasteiger partial charge on any atom is -0.326 e. The molecule has 2 aromatic rings. The van der Waals surface area contributed by atoms with Gasteiger partial charge in [-0.25, -0.2) is 12.7 Å². The van der Waals surface area contributed by atoms with Gasteiger partial charge in [-0.05, 0) is 48.9 Å². The van der Waals surface area contributed by atoms with Crippen molar-refractivity contribution in [3.63, 3.8) is 0 Å². The molecule has 0 aliphatic rings. The van der Waals surface area contributed by atoms with Crippen molar-refractivity contribution < 1.29 is 18.0 Å². The number of hydrogen-bond donors (Lipinski definition) is 2. The van der Waals surface area contributed by atoms with Gasteiger partial charge >= 0.3 is 0 Å². The summed E-state index contributed by atoms with van der Waals surface area (Å²) in [6, 6.07) is 11.0. The van der Waals surface area contributed by atoms with Crippen molar-refractivity contribution in [2.24, 2.45) is 0 Å². The fourth-order valence-corrected chi connectivity index (χ4v) is 3.17. The van der Waals surface area contributed by atoms with E-state index in [1.54, 1.807) is 25.1 Å². The molecule has 0 heterocycles. The topological polar surface area (TPSA) is 95.6 Å². The minimum absolute atomic E-state index is 0.115. The van der Waals surface area contributed by atoms with E-state index >= 15 is 0 Å². The van der Waals surface area contributed by atoms with E-state index in [1.165, 1.54) is 38.4 Å². The summed E-state index contributed by atoms with van der Waals surface area (Å²) < 4.78 is 25.3. The fourth-order valence-electron chi connectivity index (χ4n) is 2.27. The molecule has 2 aromatic carbocycles. The molecule has 27 heavy (non-hydrogen) atoms. The van der Waals surface area contributed by atoms with Crippen molar-refractivity contribution in [3.05, 3.63) is 53.6 Å². The van der Waals surface area contributed by atoms with Gasteiger partial charge in [-0.1, -0.05) is 13.0 Å². The highest BCUT2D eigenvalue weighted by Crippen LogP contribution is 2.22. The number of sulfonamides is 1. The quantitative estimate of drug-likeness (QED) is 0.794. The SMILES string of the molecule is CCC(=O)Nc1ccc(C)c(NC(=O)c2ccc(S(=O)(=O)N(C)C)cc2)c1. The Bertz CT molecular complexity index is 951. The number of nitrogens with one attached hydrogen (secondary N) is 2. The summed E-state index contributed by atoms with van der Waals surface area (Å²) in [5, 5.41) is 5.53. The van der Waals surface area contributed by atoms with E-state index in [2.05, 4.69) is 10.6 Å². The lowest BCUT2D eigenvalue weighted by Gasteiger charge is -2.13. The van der Waals surface area contributed by atoms with Crippen LogP contribution in [0.3, 0.4) is 0 Å². The summed E-state index contributed by atoms with van der Waals surface area (Å²) >= 11 is 0. The molecule has 0 saturated carbocycles. The molecular formula is C19H23N3O4S. The van der Waals surface area contributed by atoms with Gasteiger partial charge in [0.25, 0.3) is 5.91 Å². The maximum absolute atomic E-state index is 12.5. The molecule has 0 atom stereocenters. The van der Waals surface area contributed by atoms with Crippen LogP contribution < -0.4 is 10.6 Å². The van der Waals surface area contributed by atoms with Crippen molar-refractivity contribution in [2.45, 2.75) is 25.2 Å². The van der Waals surface area contributed by atoms with Crippen LogP contribution in [0.5, 0.6) is 0 Å². The zero-order valence-corrected chi connectivity index (χ0v) is 16.6. The van der Waals surface area contributed by atoms with Gasteiger partial charge in [-0.3, -0.25) is 9.59 Å². The van der Waals surface area contributed by atoms with Crippen LogP contribution in [0.15, 0.2) is 47.4 Å². The lowest BCUT2D eigenvalue weighted by molar-refractivity contribution is -0.115. The first kappa shape index (κ1) is 20.6. The maximum Gasteiger partial charge on any atom is 0.255 e. The first-order valence-electron chi connectivity index (χ1n) is 8.39. The van der Waals surface area contributed by atoms with Gasteiger partial charge in [-0.2, -0.15) is 0 Å². The molecule has 2 N–H and O–H groups in total. The molecule has 7 nitrogen and oxygen atoms in total. The number of anilines is 2. The van der Waals surface area contributed by atoms with Crippen LogP contribution in [0.1, 0.15) is 29.3 Å². The number of rotatable bonds is 6. The standard InChI is InChI=1S/C19H23N3O4S/c1-5-18(23)20-15-9-6-13(2)17(12-15)21-19(24)14-7-10-16(11-8-14)27(25,26)22(3)4/h6-12H,5H2,1-4H3,(H,20,23)(H,21,24). The molecule has 2 amide bonds. The van der Waals surface area contributed by atoms with E-state index in [0.29, 0.717) is 23.4 Å². The van der Waals surface area contributed by atoms with Crippen molar-refractivity contribution >= 4 is 33.2 Å². The highest BCUT2D eigenvalue weighted by molar-refractivity contribution is 7.89. The molecule has 144 valence electrons. The van der Waals surface area contributed by atoms with Crippen LogP contribution >= 0.6 is 0 Å². The van der Waals surface area contributed by atoms with E-state index < -0.39 is 10.0 Å². The van der Waals surface area contributed by atoms with Gasteiger partial charge in [0.15, 0.2) is 0 Å². The normalized spacial score (nSPS) is 11.3. The van der Waals surface area contributed by atoms with Crippen LogP contribution in [0, 0.1) is 6.92 Å². The Balaban J connectivity index is 2.20. The molecule has 0 radical (unpaired) electrons. The van der Waals surface area contributed by atoms with E-state index in [-0.39, 0.29) is 16.7 Å². The van der Waals surface area contributed by atoms with Gasteiger partial charge in [0.2, 0.25) is 15.9 Å². The van der Waals surface area contributed by atoms with Gasteiger partial charge in [0.1, 0.15) is 0 Å². The average molecular weight is 389 g/mol. The smallest absolute Gasteiger partial charge is 0.255 e. The molecule has 0 unspecified atom stereocenters. The summed E-state index contributed by atoms with van der Waals surface area (Å²) in [7, 11) is -0.648. The predicted octanol–water partition coefficient (Wildman–Crippen LogP) is 2.85. The van der Waals surface area contributed by atoms with Crippen LogP contribution in [0.25, 0.3) is 0 Å². The second-order valence-electron chi connectivity index (χ2n) is 6.20. The monoisotopic (exact) mass is 389 g/mol. The number of hydrogen-bond acceptors (Lipinski definition) is 4. The van der Waals surface area contributed by atoms with Crippen LogP contribution in [0.4, 0.5) is 11.4 Å². The Morgan fingerprint density at radius 2 is 1.63 bits per heavy atom. The molecule has 0 fully saturated rings. The number of carbonyl (C=O) groups is 2. The third-order valence-corrected chi connectivity index (χ3v) is 5.82. The minimum atomic E-state index is -3.54. The Labute approximate surface area is 159 Å². The number of nitrogens with zero attached hydrogens (tertiary/aromatic N) is 1. The Hall–Kier alpha value is -2.71. The number of amides is 2. The molecule has 0 aliphatic heterocycles. The number of aryl methyl sites for hydroxylation is 1. The van der Waals surface area contributed by atoms with Crippen molar-refractivity contribution in [1.29, 1.82) is 0 Å². The Kier molecular flexibility index (Phi) is 6.35. The maximum atomic E-state index is 12.5. The van der Waals surface area contributed by atoms with Crippen molar-refractivity contribution in [2.75, 3.05) is 24.7 Å². The molecule has 0 bridgehead atoms. The lowest BCUT2D eigenvalue weighted by atomic mass is 10.1. The molecule has 2 rings (SSSR count). The molecule has 8 heteroatoms. The van der Waals surface area contributed by atoms with Crippen LogP contribution in [0.2, 0.25) is 0 Å². The number of carbonyl (C=O) groups excluding carboxylic acids is 2. The molecular weight excluding hydrogens is 366 g/mol. The van der Waals surface area contributed by atoms with Crippen molar-refractivity contribution in [3.8, 4) is 0 Å². The highest BCUT2D eigenvalue weighted by Gasteiger charge is 2.17. The predicted molar refractivity (Wildman–Crippen MR) is 105 cm³/mol. The van der Waals surface area contributed by atoms with Crippen LogP contribution in [-0.2, 0) is 14.8 Å². The van der Waals surface area contributed by atoms with E-state index in [9.17, 15) is 18.0 Å². The summed E-state index contributed by atoms with van der Waals surface area (Å²) in [6.07, 6.45) is 0.359. The number of benzene rings is 2. The molecule has 0 aromatic heterocycles. The first-order valence-corrected chi connectivity index (χ1v) is 9.83. The molecule has 0 aliphatic carbocycles. The zero-order valence-electron chi connectivity index (χ0n) is 15.7. The second kappa shape index (κ2) is 8.32.